The van der Waals surface area contributed by atoms with Crippen LogP contribution in [0, 0.1) is 0 Å². The van der Waals surface area contributed by atoms with Crippen molar-refractivity contribution in [2.75, 3.05) is 6.61 Å². The van der Waals surface area contributed by atoms with E-state index < -0.39 is 0 Å². The smallest absolute Gasteiger partial charge is 0.0784 e. The molecule has 0 aliphatic carbocycles. The molecule has 0 aromatic heterocycles. The van der Waals surface area contributed by atoms with Crippen LogP contribution in [0.15, 0.2) is 11.1 Å². The van der Waals surface area contributed by atoms with Crippen molar-refractivity contribution in [3.63, 3.8) is 0 Å². The minimum Gasteiger partial charge on any atom is -0.391 e. The standard InChI is InChI=1S/C4H7ClO/c1-2-4(5)3-6/h2,6H,3H2,1H3/b4-2-. The molecule has 0 fully saturated rings. The van der Waals surface area contributed by atoms with Gasteiger partial charge < -0.3 is 5.11 Å². The highest BCUT2D eigenvalue weighted by molar-refractivity contribution is 6.29. The zero-order chi connectivity index (χ0) is 4.99. The molecule has 1 N–H and O–H groups in total. The van der Waals surface area contributed by atoms with Crippen LogP contribution in [0.5, 0.6) is 0 Å². The minimum absolute atomic E-state index is 0.0436. The molecule has 0 saturated heterocycles. The first-order valence-corrected chi connectivity index (χ1v) is 2.10. The SMILES string of the molecule is C/C=C(\Cl)CO. The molecule has 2 heteroatoms. The second-order valence-electron chi connectivity index (χ2n) is 0.894. The van der Waals surface area contributed by atoms with Crippen molar-refractivity contribution in [2.24, 2.45) is 0 Å². The monoisotopic (exact) mass is 106 g/mol. The molecule has 0 aromatic carbocycles. The van der Waals surface area contributed by atoms with E-state index in [0.717, 1.165) is 0 Å². The maximum Gasteiger partial charge on any atom is 0.0784 e. The summed E-state index contributed by atoms with van der Waals surface area (Å²) in [4.78, 5) is 0. The van der Waals surface area contributed by atoms with E-state index in [1.54, 1.807) is 13.0 Å². The third-order valence-corrected chi connectivity index (χ3v) is 0.802. The minimum atomic E-state index is -0.0436. The molecule has 0 spiro atoms. The van der Waals surface area contributed by atoms with Gasteiger partial charge in [-0.1, -0.05) is 17.7 Å². The number of hydrogen-bond donors (Lipinski definition) is 1. The molecule has 0 amide bonds. The van der Waals surface area contributed by atoms with Gasteiger partial charge in [-0.15, -0.1) is 0 Å². The molecule has 0 unspecified atom stereocenters. The first kappa shape index (κ1) is 5.99. The second kappa shape index (κ2) is 3.19. The lowest BCUT2D eigenvalue weighted by Crippen LogP contribution is -1.76. The van der Waals surface area contributed by atoms with Gasteiger partial charge >= 0.3 is 0 Å². The highest BCUT2D eigenvalue weighted by atomic mass is 35.5. The Morgan fingerprint density at radius 1 is 2.00 bits per heavy atom. The molecular formula is C4H7ClO. The Kier molecular flexibility index (Phi) is 3.19. The Bertz CT molecular complexity index is 58.6. The normalized spacial score (nSPS) is 12.2. The summed E-state index contributed by atoms with van der Waals surface area (Å²) in [5, 5.41) is 8.63. The third kappa shape index (κ3) is 2.24. The van der Waals surface area contributed by atoms with Crippen LogP contribution in [-0.2, 0) is 0 Å². The van der Waals surface area contributed by atoms with Crippen LogP contribution in [0.25, 0.3) is 0 Å². The molecule has 0 radical (unpaired) electrons. The third-order valence-electron chi connectivity index (χ3n) is 0.464. The Hall–Kier alpha value is -0.0100. The summed E-state index contributed by atoms with van der Waals surface area (Å²) in [6, 6.07) is 0. The molecular weight excluding hydrogens is 99.5 g/mol. The van der Waals surface area contributed by atoms with E-state index in [1.807, 2.05) is 0 Å². The number of aliphatic hydroxyl groups is 1. The van der Waals surface area contributed by atoms with Gasteiger partial charge in [0, 0.05) is 5.03 Å². The van der Waals surface area contributed by atoms with Crippen LogP contribution in [0.2, 0.25) is 0 Å². The van der Waals surface area contributed by atoms with Crippen LogP contribution in [0.3, 0.4) is 0 Å². The number of allylic oxidation sites excluding steroid dienone is 1. The summed E-state index contributed by atoms with van der Waals surface area (Å²) in [6.45, 7) is 1.73. The summed E-state index contributed by atoms with van der Waals surface area (Å²) < 4.78 is 0. The Morgan fingerprint density at radius 2 is 2.50 bits per heavy atom. The highest BCUT2D eigenvalue weighted by Crippen LogP contribution is 1.95. The predicted molar refractivity (Wildman–Crippen MR) is 26.7 cm³/mol. The van der Waals surface area contributed by atoms with Crippen molar-refractivity contribution in [1.29, 1.82) is 0 Å². The van der Waals surface area contributed by atoms with Crippen LogP contribution >= 0.6 is 11.6 Å². The number of aliphatic hydroxyl groups excluding tert-OH is 1. The average molecular weight is 107 g/mol. The van der Waals surface area contributed by atoms with Gasteiger partial charge in [-0.2, -0.15) is 0 Å². The van der Waals surface area contributed by atoms with E-state index in [1.165, 1.54) is 0 Å². The lowest BCUT2D eigenvalue weighted by molar-refractivity contribution is 0.338. The molecule has 0 aliphatic heterocycles. The van der Waals surface area contributed by atoms with Crippen LogP contribution in [0.4, 0.5) is 0 Å². The zero-order valence-electron chi connectivity index (χ0n) is 3.61. The lowest BCUT2D eigenvalue weighted by atomic mass is 10.5. The molecule has 0 rings (SSSR count). The summed E-state index contributed by atoms with van der Waals surface area (Å²) in [7, 11) is 0. The molecule has 0 aliphatic rings. The van der Waals surface area contributed by atoms with Gasteiger partial charge in [-0.05, 0) is 6.92 Å². The second-order valence-corrected chi connectivity index (χ2v) is 1.38. The number of halogens is 1. The fourth-order valence-electron chi connectivity index (χ4n) is 0.0913. The molecule has 0 bridgehead atoms. The summed E-state index contributed by atoms with van der Waals surface area (Å²) in [5.41, 5.74) is 0. The molecule has 0 saturated carbocycles. The summed E-state index contributed by atoms with van der Waals surface area (Å²) >= 11 is 5.26. The average Bonchev–Trinajstić information content (AvgIpc) is 1.65. The van der Waals surface area contributed by atoms with Crippen molar-refractivity contribution < 1.29 is 5.11 Å². The fourth-order valence-corrected chi connectivity index (χ4v) is 0.0913. The van der Waals surface area contributed by atoms with Gasteiger partial charge in [0.1, 0.15) is 0 Å². The quantitative estimate of drug-likeness (QED) is 0.531. The fraction of sp³-hybridized carbons (Fsp3) is 0.500. The van der Waals surface area contributed by atoms with Crippen LogP contribution in [0.1, 0.15) is 6.92 Å². The summed E-state index contributed by atoms with van der Waals surface area (Å²) in [6.07, 6.45) is 1.65. The maximum absolute atomic E-state index is 8.13. The predicted octanol–water partition coefficient (Wildman–Crippen LogP) is 1.12. The van der Waals surface area contributed by atoms with Crippen molar-refractivity contribution in [2.45, 2.75) is 6.92 Å². The Balaban J connectivity index is 3.22. The Labute approximate surface area is 42.2 Å². The van der Waals surface area contributed by atoms with Gasteiger partial charge in [0.05, 0.1) is 6.61 Å². The van der Waals surface area contributed by atoms with E-state index in [-0.39, 0.29) is 6.61 Å². The van der Waals surface area contributed by atoms with Crippen LogP contribution < -0.4 is 0 Å². The summed E-state index contributed by atoms with van der Waals surface area (Å²) in [5.74, 6) is 0. The van der Waals surface area contributed by atoms with E-state index in [9.17, 15) is 0 Å². The van der Waals surface area contributed by atoms with Gasteiger partial charge in [0.2, 0.25) is 0 Å². The molecule has 36 valence electrons. The largest absolute Gasteiger partial charge is 0.391 e. The van der Waals surface area contributed by atoms with Crippen molar-refractivity contribution in [1.82, 2.24) is 0 Å². The maximum atomic E-state index is 8.13. The van der Waals surface area contributed by atoms with Crippen LogP contribution in [-0.4, -0.2) is 11.7 Å². The topological polar surface area (TPSA) is 20.2 Å². The van der Waals surface area contributed by atoms with Crippen molar-refractivity contribution in [3.05, 3.63) is 11.1 Å². The molecule has 1 nitrogen and oxygen atoms in total. The van der Waals surface area contributed by atoms with Crippen molar-refractivity contribution >= 4 is 11.6 Å². The van der Waals surface area contributed by atoms with Gasteiger partial charge in [0.25, 0.3) is 0 Å². The van der Waals surface area contributed by atoms with Gasteiger partial charge in [-0.25, -0.2) is 0 Å². The van der Waals surface area contributed by atoms with E-state index in [0.29, 0.717) is 5.03 Å². The number of hydrogen-bond acceptors (Lipinski definition) is 1. The first-order valence-electron chi connectivity index (χ1n) is 1.72. The zero-order valence-corrected chi connectivity index (χ0v) is 4.37. The molecule has 0 heterocycles. The molecule has 0 aromatic rings. The van der Waals surface area contributed by atoms with E-state index in [2.05, 4.69) is 0 Å². The van der Waals surface area contributed by atoms with E-state index in [4.69, 9.17) is 16.7 Å². The Morgan fingerprint density at radius 3 is 2.50 bits per heavy atom. The lowest BCUT2D eigenvalue weighted by Gasteiger charge is -1.81. The van der Waals surface area contributed by atoms with E-state index >= 15 is 0 Å². The van der Waals surface area contributed by atoms with Crippen molar-refractivity contribution in [3.8, 4) is 0 Å². The number of rotatable bonds is 1. The van der Waals surface area contributed by atoms with Gasteiger partial charge in [0.15, 0.2) is 0 Å². The highest BCUT2D eigenvalue weighted by Gasteiger charge is 1.78. The molecule has 6 heavy (non-hydrogen) atoms. The first-order chi connectivity index (χ1) is 2.81. The molecule has 0 atom stereocenters. The van der Waals surface area contributed by atoms with Gasteiger partial charge in [-0.3, -0.25) is 0 Å².